The van der Waals surface area contributed by atoms with Gasteiger partial charge in [0.15, 0.2) is 5.96 Å². The van der Waals surface area contributed by atoms with E-state index >= 15 is 0 Å². The Morgan fingerprint density at radius 1 is 1.24 bits per heavy atom. The van der Waals surface area contributed by atoms with Gasteiger partial charge < -0.3 is 20.1 Å². The average molecular weight is 291 g/mol. The number of nitrogens with one attached hydrogen (secondary N) is 2. The molecule has 0 unspecified atom stereocenters. The first-order valence-corrected chi connectivity index (χ1v) is 7.48. The zero-order valence-corrected chi connectivity index (χ0v) is 12.9. The van der Waals surface area contributed by atoms with Crippen molar-refractivity contribution >= 4 is 5.96 Å². The third kappa shape index (κ3) is 6.04. The smallest absolute Gasteiger partial charge is 0.191 e. The number of ether oxygens (including phenoxy) is 2. The van der Waals surface area contributed by atoms with Crippen LogP contribution in [0.4, 0.5) is 0 Å². The van der Waals surface area contributed by atoms with Crippen molar-refractivity contribution in [1.82, 2.24) is 10.6 Å². The highest BCUT2D eigenvalue weighted by molar-refractivity contribution is 5.80. The van der Waals surface area contributed by atoms with Crippen LogP contribution in [0.25, 0.3) is 0 Å². The van der Waals surface area contributed by atoms with Crippen molar-refractivity contribution in [1.29, 1.82) is 0 Å². The van der Waals surface area contributed by atoms with Crippen molar-refractivity contribution in [2.75, 3.05) is 33.9 Å². The minimum absolute atomic E-state index is 0.597. The lowest BCUT2D eigenvalue weighted by atomic mass is 10.1. The lowest BCUT2D eigenvalue weighted by Crippen LogP contribution is -2.39. The van der Waals surface area contributed by atoms with Crippen molar-refractivity contribution in [2.45, 2.75) is 25.3 Å². The monoisotopic (exact) mass is 291 g/mol. The molecule has 1 aliphatic rings. The molecule has 21 heavy (non-hydrogen) atoms. The summed E-state index contributed by atoms with van der Waals surface area (Å²) in [5.74, 6) is 1.78. The van der Waals surface area contributed by atoms with Gasteiger partial charge in [0.2, 0.25) is 0 Å². The fraction of sp³-hybridized carbons (Fsp3) is 0.562. The zero-order valence-electron chi connectivity index (χ0n) is 12.9. The summed E-state index contributed by atoms with van der Waals surface area (Å²) in [5.41, 5.74) is 1.28. The van der Waals surface area contributed by atoms with E-state index in [4.69, 9.17) is 9.47 Å². The third-order valence-corrected chi connectivity index (χ3v) is 3.35. The first-order chi connectivity index (χ1) is 10.3. The standard InChI is InChI=1S/C16H25N3O2/c1-20-12-11-18-16(19-14-5-6-14)17-10-9-13-3-7-15(21-2)8-4-13/h3-4,7-8,14H,5-6,9-12H2,1-2H3,(H2,17,18,19). The summed E-state index contributed by atoms with van der Waals surface area (Å²) in [7, 11) is 3.38. The molecule has 0 aliphatic heterocycles. The van der Waals surface area contributed by atoms with Crippen LogP contribution in [0.15, 0.2) is 29.3 Å². The molecule has 0 spiro atoms. The molecular weight excluding hydrogens is 266 g/mol. The molecule has 116 valence electrons. The van der Waals surface area contributed by atoms with E-state index in [9.17, 15) is 0 Å². The molecule has 5 nitrogen and oxygen atoms in total. The Morgan fingerprint density at radius 2 is 2.00 bits per heavy atom. The zero-order chi connectivity index (χ0) is 14.9. The van der Waals surface area contributed by atoms with E-state index < -0.39 is 0 Å². The van der Waals surface area contributed by atoms with Crippen molar-refractivity contribution in [3.05, 3.63) is 29.8 Å². The van der Waals surface area contributed by atoms with Crippen LogP contribution in [0.3, 0.4) is 0 Å². The minimum Gasteiger partial charge on any atom is -0.497 e. The van der Waals surface area contributed by atoms with E-state index in [2.05, 4.69) is 27.8 Å². The molecule has 1 aromatic rings. The van der Waals surface area contributed by atoms with E-state index in [0.717, 1.165) is 24.7 Å². The molecule has 1 aromatic carbocycles. The molecule has 1 fully saturated rings. The van der Waals surface area contributed by atoms with Gasteiger partial charge in [-0.3, -0.25) is 4.99 Å². The number of benzene rings is 1. The molecule has 0 bridgehead atoms. The number of nitrogens with zero attached hydrogens (tertiary/aromatic N) is 1. The van der Waals surface area contributed by atoms with Gasteiger partial charge >= 0.3 is 0 Å². The van der Waals surface area contributed by atoms with E-state index in [-0.39, 0.29) is 0 Å². The maximum atomic E-state index is 5.16. The molecule has 5 heteroatoms. The van der Waals surface area contributed by atoms with E-state index in [1.807, 2.05) is 12.1 Å². The lowest BCUT2D eigenvalue weighted by molar-refractivity contribution is 0.208. The highest BCUT2D eigenvalue weighted by Gasteiger charge is 2.22. The molecule has 0 aromatic heterocycles. The predicted octanol–water partition coefficient (Wildman–Crippen LogP) is 1.58. The van der Waals surface area contributed by atoms with Crippen LogP contribution >= 0.6 is 0 Å². The maximum Gasteiger partial charge on any atom is 0.191 e. The van der Waals surface area contributed by atoms with Gasteiger partial charge in [0.1, 0.15) is 5.75 Å². The summed E-state index contributed by atoms with van der Waals surface area (Å²) >= 11 is 0. The number of methoxy groups -OCH3 is 2. The summed E-state index contributed by atoms with van der Waals surface area (Å²) in [4.78, 5) is 4.50. The van der Waals surface area contributed by atoms with Gasteiger partial charge in [0, 0.05) is 19.7 Å². The molecule has 1 saturated carbocycles. The third-order valence-electron chi connectivity index (χ3n) is 3.35. The Kier molecular flexibility index (Phi) is 6.34. The van der Waals surface area contributed by atoms with Gasteiger partial charge in [-0.25, -0.2) is 0 Å². The fourth-order valence-corrected chi connectivity index (χ4v) is 1.94. The predicted molar refractivity (Wildman–Crippen MR) is 85.0 cm³/mol. The first-order valence-electron chi connectivity index (χ1n) is 7.48. The van der Waals surface area contributed by atoms with Crippen molar-refractivity contribution in [3.63, 3.8) is 0 Å². The highest BCUT2D eigenvalue weighted by atomic mass is 16.5. The van der Waals surface area contributed by atoms with Crippen LogP contribution in [0.2, 0.25) is 0 Å². The quantitative estimate of drug-likeness (QED) is 0.434. The molecule has 1 aliphatic carbocycles. The topological polar surface area (TPSA) is 54.9 Å². The Labute approximate surface area is 126 Å². The van der Waals surface area contributed by atoms with Crippen LogP contribution in [0.1, 0.15) is 18.4 Å². The normalized spacial score (nSPS) is 14.9. The average Bonchev–Trinajstić information content (AvgIpc) is 3.32. The van der Waals surface area contributed by atoms with Gasteiger partial charge in [-0.1, -0.05) is 12.1 Å². The second-order valence-electron chi connectivity index (χ2n) is 5.17. The molecule has 0 radical (unpaired) electrons. The summed E-state index contributed by atoms with van der Waals surface area (Å²) < 4.78 is 10.2. The molecule has 0 amide bonds. The Bertz CT molecular complexity index is 441. The summed E-state index contributed by atoms with van der Waals surface area (Å²) in [5, 5.41) is 6.80. The molecule has 0 heterocycles. The lowest BCUT2D eigenvalue weighted by Gasteiger charge is -2.12. The number of rotatable bonds is 8. The molecule has 0 atom stereocenters. The Hall–Kier alpha value is -1.75. The largest absolute Gasteiger partial charge is 0.497 e. The van der Waals surface area contributed by atoms with Crippen LogP contribution in [0, 0.1) is 0 Å². The highest BCUT2D eigenvalue weighted by Crippen LogP contribution is 2.18. The molecule has 2 rings (SSSR count). The number of guanidine groups is 1. The van der Waals surface area contributed by atoms with Crippen molar-refractivity contribution in [3.8, 4) is 5.75 Å². The minimum atomic E-state index is 0.597. The van der Waals surface area contributed by atoms with Crippen molar-refractivity contribution < 1.29 is 9.47 Å². The van der Waals surface area contributed by atoms with Gasteiger partial charge in [-0.15, -0.1) is 0 Å². The molecular formula is C16H25N3O2. The van der Waals surface area contributed by atoms with Gasteiger partial charge in [-0.2, -0.15) is 0 Å². The van der Waals surface area contributed by atoms with Crippen LogP contribution in [0.5, 0.6) is 5.75 Å². The van der Waals surface area contributed by atoms with Crippen LogP contribution in [-0.2, 0) is 11.2 Å². The van der Waals surface area contributed by atoms with Gasteiger partial charge in [0.25, 0.3) is 0 Å². The SMILES string of the molecule is COCCN=C(NCCc1ccc(OC)cc1)NC1CC1. The molecule has 0 saturated heterocycles. The summed E-state index contributed by atoms with van der Waals surface area (Å²) in [6.07, 6.45) is 3.44. The maximum absolute atomic E-state index is 5.16. The van der Waals surface area contributed by atoms with Crippen LogP contribution in [-0.4, -0.2) is 45.9 Å². The summed E-state index contributed by atoms with van der Waals surface area (Å²) in [6.45, 7) is 2.19. The van der Waals surface area contributed by atoms with Crippen molar-refractivity contribution in [2.24, 2.45) is 4.99 Å². The van der Waals surface area contributed by atoms with Crippen LogP contribution < -0.4 is 15.4 Å². The van der Waals surface area contributed by atoms with Gasteiger partial charge in [0.05, 0.1) is 20.3 Å². The van der Waals surface area contributed by atoms with E-state index in [1.165, 1.54) is 18.4 Å². The fourth-order valence-electron chi connectivity index (χ4n) is 1.94. The second-order valence-corrected chi connectivity index (χ2v) is 5.17. The van der Waals surface area contributed by atoms with Gasteiger partial charge in [-0.05, 0) is 37.0 Å². The number of aliphatic imine (C=N–C) groups is 1. The van der Waals surface area contributed by atoms with E-state index in [0.29, 0.717) is 19.2 Å². The number of hydrogen-bond acceptors (Lipinski definition) is 3. The Balaban J connectivity index is 1.75. The second kappa shape index (κ2) is 8.52. The van der Waals surface area contributed by atoms with E-state index in [1.54, 1.807) is 14.2 Å². The first kappa shape index (κ1) is 15.6. The molecule has 2 N–H and O–H groups in total. The Morgan fingerprint density at radius 3 is 2.62 bits per heavy atom. The summed E-state index contributed by atoms with van der Waals surface area (Å²) in [6, 6.07) is 8.77. The number of hydrogen-bond donors (Lipinski definition) is 2.